The molecule has 0 spiro atoms. The summed E-state index contributed by atoms with van der Waals surface area (Å²) in [5, 5.41) is 5.63. The average molecular weight is 347 g/mol. The van der Waals surface area contributed by atoms with Gasteiger partial charge < -0.3 is 15.1 Å². The van der Waals surface area contributed by atoms with Gasteiger partial charge >= 0.3 is 11.8 Å². The number of fused-ring (bicyclic) bond motifs is 1. The van der Waals surface area contributed by atoms with Crippen molar-refractivity contribution in [3.05, 3.63) is 28.5 Å². The van der Waals surface area contributed by atoms with E-state index in [9.17, 15) is 14.0 Å². The SMILES string of the molecule is Cn1c(=O)oc2cc(NC(=O)NC3(C4CCCCC4)CC3)c(F)cc21. The van der Waals surface area contributed by atoms with Crippen LogP contribution in [0.3, 0.4) is 0 Å². The predicted octanol–water partition coefficient (Wildman–Crippen LogP) is 3.51. The Labute approximate surface area is 144 Å². The zero-order valence-electron chi connectivity index (χ0n) is 14.2. The molecule has 2 aromatic rings. The molecule has 6 nitrogen and oxygen atoms in total. The average Bonchev–Trinajstić information content (AvgIpc) is 3.32. The monoisotopic (exact) mass is 347 g/mol. The number of rotatable bonds is 3. The normalized spacial score (nSPS) is 19.8. The highest BCUT2D eigenvalue weighted by atomic mass is 19.1. The number of nitrogens with zero attached hydrogens (tertiary/aromatic N) is 1. The van der Waals surface area contributed by atoms with Gasteiger partial charge in [-0.1, -0.05) is 19.3 Å². The molecule has 25 heavy (non-hydrogen) atoms. The highest BCUT2D eigenvalue weighted by Crippen LogP contribution is 2.48. The molecule has 1 aromatic heterocycles. The lowest BCUT2D eigenvalue weighted by Gasteiger charge is -2.31. The number of oxazole rings is 1. The fourth-order valence-corrected chi connectivity index (χ4v) is 4.05. The maximum absolute atomic E-state index is 14.3. The zero-order valence-corrected chi connectivity index (χ0v) is 14.2. The third-order valence-electron chi connectivity index (χ3n) is 5.67. The molecule has 2 amide bonds. The molecule has 0 atom stereocenters. The van der Waals surface area contributed by atoms with Crippen LogP contribution in [0.4, 0.5) is 14.9 Å². The first-order valence-electron chi connectivity index (χ1n) is 8.87. The number of aryl methyl sites for hydroxylation is 1. The maximum atomic E-state index is 14.3. The van der Waals surface area contributed by atoms with Gasteiger partial charge in [-0.3, -0.25) is 4.57 Å². The van der Waals surface area contributed by atoms with Crippen LogP contribution in [-0.4, -0.2) is 16.1 Å². The quantitative estimate of drug-likeness (QED) is 0.892. The zero-order chi connectivity index (χ0) is 17.6. The molecular weight excluding hydrogens is 325 g/mol. The highest BCUT2D eigenvalue weighted by molar-refractivity contribution is 5.92. The predicted molar refractivity (Wildman–Crippen MR) is 92.1 cm³/mol. The first-order chi connectivity index (χ1) is 12.0. The van der Waals surface area contributed by atoms with Crippen LogP contribution in [-0.2, 0) is 7.05 Å². The number of hydrogen-bond acceptors (Lipinski definition) is 3. The van der Waals surface area contributed by atoms with E-state index in [2.05, 4.69) is 10.6 Å². The minimum absolute atomic E-state index is 0.0128. The second-order valence-electron chi connectivity index (χ2n) is 7.30. The maximum Gasteiger partial charge on any atom is 0.419 e. The fraction of sp³-hybridized carbons (Fsp3) is 0.556. The molecule has 2 saturated carbocycles. The number of benzene rings is 1. The Bertz CT molecular complexity index is 876. The lowest BCUT2D eigenvalue weighted by Crippen LogP contribution is -2.45. The van der Waals surface area contributed by atoms with Crippen LogP contribution in [0, 0.1) is 11.7 Å². The van der Waals surface area contributed by atoms with E-state index >= 15 is 0 Å². The first-order valence-corrected chi connectivity index (χ1v) is 8.87. The van der Waals surface area contributed by atoms with Crippen LogP contribution >= 0.6 is 0 Å². The summed E-state index contributed by atoms with van der Waals surface area (Å²) >= 11 is 0. The van der Waals surface area contributed by atoms with Crippen LogP contribution in [0.5, 0.6) is 0 Å². The van der Waals surface area contributed by atoms with Gasteiger partial charge in [-0.2, -0.15) is 0 Å². The number of amides is 2. The number of hydrogen-bond donors (Lipinski definition) is 2. The second kappa shape index (κ2) is 5.89. The number of nitrogens with one attached hydrogen (secondary N) is 2. The van der Waals surface area contributed by atoms with Gasteiger partial charge in [0, 0.05) is 24.7 Å². The van der Waals surface area contributed by atoms with Crippen molar-refractivity contribution < 1.29 is 13.6 Å². The molecule has 2 N–H and O–H groups in total. The molecule has 7 heteroatoms. The summed E-state index contributed by atoms with van der Waals surface area (Å²) in [5.41, 5.74) is 0.496. The minimum atomic E-state index is -0.596. The summed E-state index contributed by atoms with van der Waals surface area (Å²) in [4.78, 5) is 23.9. The molecule has 0 aliphatic heterocycles. The van der Waals surface area contributed by atoms with E-state index in [1.54, 1.807) is 0 Å². The van der Waals surface area contributed by atoms with Gasteiger partial charge in [0.15, 0.2) is 5.58 Å². The van der Waals surface area contributed by atoms with E-state index < -0.39 is 17.6 Å². The van der Waals surface area contributed by atoms with Crippen molar-refractivity contribution in [3.63, 3.8) is 0 Å². The Balaban J connectivity index is 1.50. The fourth-order valence-electron chi connectivity index (χ4n) is 4.05. The number of carbonyl (C=O) groups excluding carboxylic acids is 1. The third-order valence-corrected chi connectivity index (χ3v) is 5.67. The lowest BCUT2D eigenvalue weighted by atomic mass is 9.82. The minimum Gasteiger partial charge on any atom is -0.408 e. The van der Waals surface area contributed by atoms with Gasteiger partial charge in [0.2, 0.25) is 0 Å². The Morgan fingerprint density at radius 2 is 2.00 bits per heavy atom. The summed E-state index contributed by atoms with van der Waals surface area (Å²) in [7, 11) is 1.51. The summed E-state index contributed by atoms with van der Waals surface area (Å²) in [6, 6.07) is 2.15. The van der Waals surface area contributed by atoms with E-state index in [4.69, 9.17) is 4.42 Å². The smallest absolute Gasteiger partial charge is 0.408 e. The van der Waals surface area contributed by atoms with E-state index in [1.807, 2.05) is 0 Å². The lowest BCUT2D eigenvalue weighted by molar-refractivity contribution is 0.224. The Morgan fingerprint density at radius 1 is 1.28 bits per heavy atom. The van der Waals surface area contributed by atoms with Gasteiger partial charge in [0.25, 0.3) is 0 Å². The summed E-state index contributed by atoms with van der Waals surface area (Å²) in [6.07, 6.45) is 7.97. The van der Waals surface area contributed by atoms with Crippen LogP contribution < -0.4 is 16.4 Å². The molecule has 0 radical (unpaired) electrons. The number of urea groups is 1. The molecule has 1 aromatic carbocycles. The first kappa shape index (κ1) is 16.2. The van der Waals surface area contributed by atoms with Crippen molar-refractivity contribution in [3.8, 4) is 0 Å². The molecule has 2 fully saturated rings. The molecule has 2 aliphatic rings. The van der Waals surface area contributed by atoms with Crippen LogP contribution in [0.25, 0.3) is 11.1 Å². The summed E-state index contributed by atoms with van der Waals surface area (Å²) < 4.78 is 20.6. The molecule has 0 bridgehead atoms. The largest absolute Gasteiger partial charge is 0.419 e. The second-order valence-corrected chi connectivity index (χ2v) is 7.30. The standard InChI is InChI=1S/C18H22FN3O3/c1-22-14-9-12(19)13(10-15(14)25-17(22)24)20-16(23)21-18(7-8-18)11-5-3-2-4-6-11/h9-11H,2-8H2,1H3,(H2,20,21,23). The van der Waals surface area contributed by atoms with Crippen LogP contribution in [0.15, 0.2) is 21.3 Å². The van der Waals surface area contributed by atoms with Gasteiger partial charge in [-0.15, -0.1) is 0 Å². The van der Waals surface area contributed by atoms with Crippen molar-refractivity contribution in [2.75, 3.05) is 5.32 Å². The van der Waals surface area contributed by atoms with Crippen LogP contribution in [0.2, 0.25) is 0 Å². The summed E-state index contributed by atoms with van der Waals surface area (Å²) in [5.74, 6) is -0.640. The summed E-state index contributed by atoms with van der Waals surface area (Å²) in [6.45, 7) is 0. The van der Waals surface area contributed by atoms with Crippen molar-refractivity contribution in [2.45, 2.75) is 50.5 Å². The number of anilines is 1. The van der Waals surface area contributed by atoms with E-state index in [0.717, 1.165) is 25.7 Å². The molecular formula is C18H22FN3O3. The number of halogens is 1. The van der Waals surface area contributed by atoms with E-state index in [0.29, 0.717) is 11.4 Å². The van der Waals surface area contributed by atoms with Gasteiger partial charge in [-0.05, 0) is 31.6 Å². The van der Waals surface area contributed by atoms with Gasteiger partial charge in [0.1, 0.15) is 5.82 Å². The molecule has 0 unspecified atom stereocenters. The number of aromatic nitrogens is 1. The Morgan fingerprint density at radius 3 is 2.68 bits per heavy atom. The molecule has 0 saturated heterocycles. The highest BCUT2D eigenvalue weighted by Gasteiger charge is 2.50. The Kier molecular flexibility index (Phi) is 3.81. The topological polar surface area (TPSA) is 76.3 Å². The van der Waals surface area contributed by atoms with Crippen LogP contribution in [0.1, 0.15) is 44.9 Å². The molecule has 1 heterocycles. The third kappa shape index (κ3) is 2.92. The van der Waals surface area contributed by atoms with Gasteiger partial charge in [0.05, 0.1) is 11.2 Å². The van der Waals surface area contributed by atoms with Crippen molar-refractivity contribution in [2.24, 2.45) is 13.0 Å². The van der Waals surface area contributed by atoms with Crippen molar-refractivity contribution in [1.29, 1.82) is 0 Å². The Hall–Kier alpha value is -2.31. The van der Waals surface area contributed by atoms with Gasteiger partial charge in [-0.25, -0.2) is 14.0 Å². The van der Waals surface area contributed by atoms with Crippen molar-refractivity contribution in [1.82, 2.24) is 9.88 Å². The molecule has 4 rings (SSSR count). The molecule has 2 aliphatic carbocycles. The molecule has 134 valence electrons. The number of carbonyl (C=O) groups is 1. The van der Waals surface area contributed by atoms with E-state index in [-0.39, 0.29) is 16.8 Å². The van der Waals surface area contributed by atoms with E-state index in [1.165, 1.54) is 43.0 Å². The van der Waals surface area contributed by atoms with Crippen molar-refractivity contribution >= 4 is 22.8 Å².